The zero-order valence-corrected chi connectivity index (χ0v) is 10.2. The number of carbonyl (C=O) groups is 1. The highest BCUT2D eigenvalue weighted by molar-refractivity contribution is 6.33. The molecule has 90 valence electrons. The average Bonchev–Trinajstić information content (AvgIpc) is 2.30. The Bertz CT molecular complexity index is 454. The van der Waals surface area contributed by atoms with Crippen LogP contribution in [0.15, 0.2) is 12.3 Å². The van der Waals surface area contributed by atoms with Crippen molar-refractivity contribution in [3.8, 4) is 12.3 Å². The highest BCUT2D eigenvalue weighted by Gasteiger charge is 2.11. The maximum atomic E-state index is 10.7. The molecule has 0 fully saturated rings. The Hall–Kier alpha value is -1.73. The van der Waals surface area contributed by atoms with E-state index in [0.717, 1.165) is 12.8 Å². The lowest BCUT2D eigenvalue weighted by molar-refractivity contribution is 0.0696. The number of rotatable bonds is 5. The molecule has 0 radical (unpaired) electrons. The number of terminal acetylenes is 1. The van der Waals surface area contributed by atoms with Gasteiger partial charge in [0, 0.05) is 6.20 Å². The van der Waals surface area contributed by atoms with Gasteiger partial charge >= 0.3 is 5.97 Å². The number of aromatic nitrogens is 1. The van der Waals surface area contributed by atoms with Crippen LogP contribution in [0.4, 0.5) is 5.82 Å². The molecule has 0 amide bonds. The monoisotopic (exact) mass is 252 g/mol. The number of halogens is 1. The number of hydrogen-bond donors (Lipinski definition) is 2. The Kier molecular flexibility index (Phi) is 4.80. The summed E-state index contributed by atoms with van der Waals surface area (Å²) in [7, 11) is 0. The Morgan fingerprint density at radius 3 is 2.94 bits per heavy atom. The first-order chi connectivity index (χ1) is 8.08. The molecule has 0 saturated carbocycles. The minimum Gasteiger partial charge on any atom is -0.478 e. The molecule has 0 aliphatic rings. The minimum atomic E-state index is -1.06. The second-order valence-corrected chi connectivity index (χ2v) is 3.92. The molecule has 1 unspecified atom stereocenters. The minimum absolute atomic E-state index is 0.0494. The van der Waals surface area contributed by atoms with Crippen LogP contribution < -0.4 is 5.32 Å². The van der Waals surface area contributed by atoms with Crippen molar-refractivity contribution in [2.24, 2.45) is 0 Å². The Morgan fingerprint density at radius 1 is 1.76 bits per heavy atom. The molecule has 17 heavy (non-hydrogen) atoms. The lowest BCUT2D eigenvalue weighted by atomic mass is 10.2. The largest absolute Gasteiger partial charge is 0.478 e. The van der Waals surface area contributed by atoms with Gasteiger partial charge in [-0.05, 0) is 12.5 Å². The molecule has 0 spiro atoms. The van der Waals surface area contributed by atoms with Crippen LogP contribution in [0.1, 0.15) is 30.1 Å². The van der Waals surface area contributed by atoms with Gasteiger partial charge in [0.25, 0.3) is 0 Å². The summed E-state index contributed by atoms with van der Waals surface area (Å²) in [5.41, 5.74) is 0.0494. The zero-order chi connectivity index (χ0) is 12.8. The molecule has 5 heteroatoms. The molecule has 1 rings (SSSR count). The highest BCUT2D eigenvalue weighted by atomic mass is 35.5. The summed E-state index contributed by atoms with van der Waals surface area (Å²) in [4.78, 5) is 14.6. The molecule has 0 aromatic carbocycles. The summed E-state index contributed by atoms with van der Waals surface area (Å²) in [6.45, 7) is 2.02. The second kappa shape index (κ2) is 6.12. The van der Waals surface area contributed by atoms with Crippen molar-refractivity contribution >= 4 is 23.4 Å². The molecule has 2 N–H and O–H groups in total. The van der Waals surface area contributed by atoms with Crippen molar-refractivity contribution in [2.75, 3.05) is 5.32 Å². The molecular formula is C12H13ClN2O2. The first-order valence-corrected chi connectivity index (χ1v) is 5.57. The van der Waals surface area contributed by atoms with Gasteiger partial charge in [0.05, 0.1) is 16.6 Å². The van der Waals surface area contributed by atoms with Crippen molar-refractivity contribution in [2.45, 2.75) is 25.8 Å². The number of carboxylic acids is 1. The first-order valence-electron chi connectivity index (χ1n) is 5.20. The molecule has 0 saturated heterocycles. The number of carboxylic acid groups (broad SMARTS) is 1. The number of aromatic carboxylic acids is 1. The van der Waals surface area contributed by atoms with E-state index in [0.29, 0.717) is 5.82 Å². The predicted octanol–water partition coefficient (Wildman–Crippen LogP) is 2.65. The average molecular weight is 253 g/mol. The van der Waals surface area contributed by atoms with E-state index in [1.54, 1.807) is 0 Å². The molecule has 1 aromatic rings. The fourth-order valence-corrected chi connectivity index (χ4v) is 1.53. The summed E-state index contributed by atoms with van der Waals surface area (Å²) in [6.07, 6.45) is 8.34. The van der Waals surface area contributed by atoms with Crippen LogP contribution in [0, 0.1) is 12.3 Å². The van der Waals surface area contributed by atoms with Crippen molar-refractivity contribution in [3.05, 3.63) is 22.8 Å². The quantitative estimate of drug-likeness (QED) is 0.791. The fraction of sp³-hybridized carbons (Fsp3) is 0.333. The maximum absolute atomic E-state index is 10.7. The molecule has 0 aliphatic heterocycles. The van der Waals surface area contributed by atoms with Crippen LogP contribution in [0.25, 0.3) is 0 Å². The number of nitrogens with zero attached hydrogens (tertiary/aromatic N) is 1. The smallest absolute Gasteiger partial charge is 0.337 e. The van der Waals surface area contributed by atoms with E-state index in [4.69, 9.17) is 23.1 Å². The SMILES string of the molecule is C#CC(CCC)Nc1ncc(C(=O)O)cc1Cl. The molecule has 1 heterocycles. The molecule has 0 bridgehead atoms. The lowest BCUT2D eigenvalue weighted by Gasteiger charge is -2.13. The van der Waals surface area contributed by atoms with Gasteiger partial charge in [-0.3, -0.25) is 0 Å². The Labute approximate surface area is 105 Å². The highest BCUT2D eigenvalue weighted by Crippen LogP contribution is 2.21. The number of nitrogens with one attached hydrogen (secondary N) is 1. The van der Waals surface area contributed by atoms with Crippen molar-refractivity contribution in [1.82, 2.24) is 4.98 Å². The van der Waals surface area contributed by atoms with Gasteiger partial charge in [-0.2, -0.15) is 0 Å². The Balaban J connectivity index is 2.86. The zero-order valence-electron chi connectivity index (χ0n) is 9.40. The van der Waals surface area contributed by atoms with Crippen LogP contribution in [-0.2, 0) is 0 Å². The third kappa shape index (κ3) is 3.65. The summed E-state index contributed by atoms with van der Waals surface area (Å²) in [6, 6.07) is 1.19. The van der Waals surface area contributed by atoms with Gasteiger partial charge in [-0.1, -0.05) is 30.9 Å². The molecule has 4 nitrogen and oxygen atoms in total. The third-order valence-corrected chi connectivity index (χ3v) is 2.47. The second-order valence-electron chi connectivity index (χ2n) is 3.51. The predicted molar refractivity (Wildman–Crippen MR) is 67.4 cm³/mol. The molecule has 0 aliphatic carbocycles. The van der Waals surface area contributed by atoms with Crippen molar-refractivity contribution in [3.63, 3.8) is 0 Å². The maximum Gasteiger partial charge on any atom is 0.337 e. The lowest BCUT2D eigenvalue weighted by Crippen LogP contribution is -2.18. The van der Waals surface area contributed by atoms with Gasteiger partial charge in [0.15, 0.2) is 0 Å². The molecular weight excluding hydrogens is 240 g/mol. The van der Waals surface area contributed by atoms with Gasteiger partial charge in [0.2, 0.25) is 0 Å². The van der Waals surface area contributed by atoms with E-state index >= 15 is 0 Å². The van der Waals surface area contributed by atoms with Crippen LogP contribution in [0.3, 0.4) is 0 Å². The van der Waals surface area contributed by atoms with Crippen LogP contribution in [-0.4, -0.2) is 22.1 Å². The van der Waals surface area contributed by atoms with Gasteiger partial charge < -0.3 is 10.4 Å². The summed E-state index contributed by atoms with van der Waals surface area (Å²) >= 11 is 5.92. The van der Waals surface area contributed by atoms with E-state index in [1.807, 2.05) is 6.92 Å². The van der Waals surface area contributed by atoms with E-state index in [9.17, 15) is 4.79 Å². The van der Waals surface area contributed by atoms with Crippen molar-refractivity contribution < 1.29 is 9.90 Å². The van der Waals surface area contributed by atoms with E-state index in [2.05, 4.69) is 16.2 Å². The van der Waals surface area contributed by atoms with E-state index < -0.39 is 5.97 Å². The summed E-state index contributed by atoms with van der Waals surface area (Å²) < 4.78 is 0. The summed E-state index contributed by atoms with van der Waals surface area (Å²) in [5, 5.41) is 12.0. The van der Waals surface area contributed by atoms with Crippen LogP contribution in [0.5, 0.6) is 0 Å². The molecule has 1 atom stereocenters. The Morgan fingerprint density at radius 2 is 2.47 bits per heavy atom. The van der Waals surface area contributed by atoms with Crippen molar-refractivity contribution in [1.29, 1.82) is 0 Å². The third-order valence-electron chi connectivity index (χ3n) is 2.18. The van der Waals surface area contributed by atoms with E-state index in [-0.39, 0.29) is 16.6 Å². The first kappa shape index (κ1) is 13.3. The van der Waals surface area contributed by atoms with E-state index in [1.165, 1.54) is 12.3 Å². The summed E-state index contributed by atoms with van der Waals surface area (Å²) in [5.74, 6) is 1.94. The topological polar surface area (TPSA) is 62.2 Å². The van der Waals surface area contributed by atoms with Gasteiger partial charge in [-0.25, -0.2) is 9.78 Å². The number of hydrogen-bond acceptors (Lipinski definition) is 3. The number of anilines is 1. The normalized spacial score (nSPS) is 11.6. The standard InChI is InChI=1S/C12H13ClN2O2/c1-3-5-9(4-2)15-11-10(13)6-8(7-14-11)12(16)17/h2,6-7,9H,3,5H2,1H3,(H,14,15)(H,16,17). The van der Waals surface area contributed by atoms with Gasteiger partial charge in [0.1, 0.15) is 5.82 Å². The van der Waals surface area contributed by atoms with Crippen LogP contribution in [0.2, 0.25) is 5.02 Å². The molecule has 1 aromatic heterocycles. The van der Waals surface area contributed by atoms with Gasteiger partial charge in [-0.15, -0.1) is 6.42 Å². The fourth-order valence-electron chi connectivity index (χ4n) is 1.31. The van der Waals surface area contributed by atoms with Crippen LogP contribution >= 0.6 is 11.6 Å². The number of pyridine rings is 1.